The standard InChI is InChI=1S/C29H33N5O3S/c1-36-28-18-25-26(19-27(28)30-12-5-13-34-14-16-38(35)17-15-34)31-21-32-29(25)33-23-8-10-24(11-9-23)37-20-22-6-3-2-4-7-22/h2-4,6-11,18-19,21,30H,5,12-17,20H2,1H3,(H,31,32,33). The first-order chi connectivity index (χ1) is 18.7. The third kappa shape index (κ3) is 6.86. The first-order valence-electron chi connectivity index (χ1n) is 12.9. The Kier molecular flexibility index (Phi) is 8.80. The van der Waals surface area contributed by atoms with Crippen LogP contribution in [0.15, 0.2) is 73.1 Å². The smallest absolute Gasteiger partial charge is 0.142 e. The van der Waals surface area contributed by atoms with E-state index in [0.29, 0.717) is 12.4 Å². The van der Waals surface area contributed by atoms with Crippen LogP contribution >= 0.6 is 0 Å². The first-order valence-corrected chi connectivity index (χ1v) is 14.3. The van der Waals surface area contributed by atoms with Crippen LogP contribution in [0.5, 0.6) is 11.5 Å². The third-order valence-electron chi connectivity index (χ3n) is 6.56. The topological polar surface area (TPSA) is 94.6 Å². The average Bonchev–Trinajstić information content (AvgIpc) is 2.96. The molecule has 0 unspecified atom stereocenters. The lowest BCUT2D eigenvalue weighted by Gasteiger charge is -2.27. The zero-order chi connectivity index (χ0) is 26.2. The average molecular weight is 532 g/mol. The van der Waals surface area contributed by atoms with Crippen LogP contribution in [-0.2, 0) is 17.8 Å². The van der Waals surface area contributed by atoms with Crippen molar-refractivity contribution in [3.05, 3.63) is 78.6 Å². The van der Waals surface area contributed by atoms with Crippen molar-refractivity contribution in [2.24, 2.45) is 0 Å². The number of fused-ring (bicyclic) bond motifs is 1. The highest BCUT2D eigenvalue weighted by Crippen LogP contribution is 2.33. The van der Waals surface area contributed by atoms with Crippen LogP contribution in [0.25, 0.3) is 10.9 Å². The van der Waals surface area contributed by atoms with Gasteiger partial charge >= 0.3 is 0 Å². The van der Waals surface area contributed by atoms with E-state index in [1.165, 1.54) is 0 Å². The minimum absolute atomic E-state index is 0.528. The molecule has 1 aromatic heterocycles. The Morgan fingerprint density at radius 3 is 2.55 bits per heavy atom. The van der Waals surface area contributed by atoms with Crippen LogP contribution in [0.2, 0.25) is 0 Å². The number of nitrogens with zero attached hydrogens (tertiary/aromatic N) is 3. The van der Waals surface area contributed by atoms with Crippen LogP contribution < -0.4 is 20.1 Å². The maximum atomic E-state index is 11.5. The number of benzene rings is 3. The summed E-state index contributed by atoms with van der Waals surface area (Å²) < 4.78 is 23.1. The Bertz CT molecular complexity index is 1320. The maximum absolute atomic E-state index is 11.5. The Morgan fingerprint density at radius 2 is 1.79 bits per heavy atom. The highest BCUT2D eigenvalue weighted by molar-refractivity contribution is 7.91. The van der Waals surface area contributed by atoms with E-state index in [9.17, 15) is 4.55 Å². The summed E-state index contributed by atoms with van der Waals surface area (Å²) in [6.07, 6.45) is 2.56. The van der Waals surface area contributed by atoms with Crippen molar-refractivity contribution in [2.75, 3.05) is 55.4 Å². The van der Waals surface area contributed by atoms with Gasteiger partial charge in [-0.05, 0) is 48.4 Å². The molecule has 0 atom stereocenters. The molecule has 3 aromatic carbocycles. The van der Waals surface area contributed by atoms with Crippen LogP contribution in [0.3, 0.4) is 0 Å². The third-order valence-corrected chi connectivity index (χ3v) is 7.83. The molecule has 0 saturated carbocycles. The van der Waals surface area contributed by atoms with Crippen LogP contribution in [-0.4, -0.2) is 64.2 Å². The molecule has 2 N–H and O–H groups in total. The van der Waals surface area contributed by atoms with Gasteiger partial charge in [-0.1, -0.05) is 41.5 Å². The highest BCUT2D eigenvalue weighted by Gasteiger charge is 2.18. The Morgan fingerprint density at radius 1 is 1.00 bits per heavy atom. The lowest BCUT2D eigenvalue weighted by Crippen LogP contribution is -2.41. The predicted octanol–water partition coefficient (Wildman–Crippen LogP) is 4.83. The molecule has 1 aliphatic heterocycles. The van der Waals surface area contributed by atoms with Gasteiger partial charge in [-0.15, -0.1) is 0 Å². The molecule has 198 valence electrons. The van der Waals surface area contributed by atoms with Gasteiger partial charge in [0, 0.05) is 37.3 Å². The number of hydrogen-bond donors (Lipinski definition) is 2. The molecule has 0 aliphatic carbocycles. The number of nitrogens with one attached hydrogen (secondary N) is 2. The van der Waals surface area contributed by atoms with Crippen molar-refractivity contribution in [2.45, 2.75) is 13.0 Å². The molecule has 5 rings (SSSR count). The van der Waals surface area contributed by atoms with E-state index in [1.54, 1.807) is 13.4 Å². The van der Waals surface area contributed by atoms with Gasteiger partial charge in [0.05, 0.1) is 18.3 Å². The number of rotatable bonds is 11. The van der Waals surface area contributed by atoms with Gasteiger partial charge in [0.2, 0.25) is 0 Å². The van der Waals surface area contributed by atoms with Gasteiger partial charge in [-0.3, -0.25) is 4.90 Å². The molecular formula is C29H33N5O3S. The first kappa shape index (κ1) is 26.1. The van der Waals surface area contributed by atoms with Crippen molar-refractivity contribution in [1.82, 2.24) is 14.9 Å². The van der Waals surface area contributed by atoms with Crippen molar-refractivity contribution >= 4 is 39.3 Å². The van der Waals surface area contributed by atoms with Crippen LogP contribution in [0.4, 0.5) is 17.2 Å². The Labute approximate surface area is 226 Å². The second-order valence-corrected chi connectivity index (χ2v) is 10.9. The zero-order valence-electron chi connectivity index (χ0n) is 21.6. The fourth-order valence-corrected chi connectivity index (χ4v) is 5.55. The van der Waals surface area contributed by atoms with Crippen molar-refractivity contribution in [3.63, 3.8) is 0 Å². The number of aromatic nitrogens is 2. The number of methoxy groups -OCH3 is 1. The molecule has 9 heteroatoms. The summed E-state index contributed by atoms with van der Waals surface area (Å²) in [6.45, 7) is 4.17. The number of anilines is 3. The van der Waals surface area contributed by atoms with E-state index in [4.69, 9.17) is 9.47 Å². The second-order valence-electron chi connectivity index (χ2n) is 9.19. The molecule has 2 heterocycles. The second kappa shape index (κ2) is 12.8. The van der Waals surface area contributed by atoms with Gasteiger partial charge in [-0.25, -0.2) is 9.97 Å². The number of ether oxygens (including phenoxy) is 2. The van der Waals surface area contributed by atoms with Gasteiger partial charge in [0.15, 0.2) is 0 Å². The fraction of sp³-hybridized carbons (Fsp3) is 0.310. The van der Waals surface area contributed by atoms with Gasteiger partial charge in [0.1, 0.15) is 41.8 Å². The molecule has 0 amide bonds. The van der Waals surface area contributed by atoms with E-state index < -0.39 is 11.2 Å². The van der Waals surface area contributed by atoms with Crippen molar-refractivity contribution in [1.29, 1.82) is 0 Å². The van der Waals surface area contributed by atoms with Gasteiger partial charge in [0.25, 0.3) is 0 Å². The Hall–Kier alpha value is -3.53. The summed E-state index contributed by atoms with van der Waals surface area (Å²) in [5, 5.41) is 7.77. The molecule has 4 aromatic rings. The minimum Gasteiger partial charge on any atom is -0.616 e. The summed E-state index contributed by atoms with van der Waals surface area (Å²) in [6, 6.07) is 21.9. The molecule has 1 saturated heterocycles. The predicted molar refractivity (Wildman–Crippen MR) is 154 cm³/mol. The van der Waals surface area contributed by atoms with E-state index in [-0.39, 0.29) is 0 Å². The van der Waals surface area contributed by atoms with E-state index in [2.05, 4.69) is 25.5 Å². The maximum Gasteiger partial charge on any atom is 0.142 e. The lowest BCUT2D eigenvalue weighted by atomic mass is 10.1. The highest BCUT2D eigenvalue weighted by atomic mass is 32.2. The fourth-order valence-electron chi connectivity index (χ4n) is 4.43. The monoisotopic (exact) mass is 531 g/mol. The SMILES string of the molecule is COc1cc2c(Nc3ccc(OCc4ccccc4)cc3)ncnc2cc1NCCCN1CC[S+]([O-])CC1. The van der Waals surface area contributed by atoms with Crippen molar-refractivity contribution in [3.8, 4) is 11.5 Å². The number of hydrogen-bond acceptors (Lipinski definition) is 8. The van der Waals surface area contributed by atoms with E-state index in [1.807, 2.05) is 66.7 Å². The van der Waals surface area contributed by atoms with E-state index >= 15 is 0 Å². The van der Waals surface area contributed by atoms with Crippen LogP contribution in [0, 0.1) is 0 Å². The molecule has 8 nitrogen and oxygen atoms in total. The zero-order valence-corrected chi connectivity index (χ0v) is 22.4. The molecule has 1 aliphatic rings. The van der Waals surface area contributed by atoms with Crippen molar-refractivity contribution < 1.29 is 14.0 Å². The lowest BCUT2D eigenvalue weighted by molar-refractivity contribution is 0.294. The summed E-state index contributed by atoms with van der Waals surface area (Å²) >= 11 is -0.637. The van der Waals surface area contributed by atoms with E-state index in [0.717, 1.165) is 83.4 Å². The Balaban J connectivity index is 1.21. The quantitative estimate of drug-likeness (QED) is 0.210. The van der Waals surface area contributed by atoms with Crippen LogP contribution in [0.1, 0.15) is 12.0 Å². The largest absolute Gasteiger partial charge is 0.616 e. The van der Waals surface area contributed by atoms with Gasteiger partial charge in [-0.2, -0.15) is 0 Å². The molecule has 0 bridgehead atoms. The summed E-state index contributed by atoms with van der Waals surface area (Å²) in [5.74, 6) is 3.83. The molecule has 0 radical (unpaired) electrons. The normalized spacial score (nSPS) is 14.4. The van der Waals surface area contributed by atoms with Gasteiger partial charge < -0.3 is 24.7 Å². The summed E-state index contributed by atoms with van der Waals surface area (Å²) in [4.78, 5) is 11.4. The minimum atomic E-state index is -0.637. The molecule has 38 heavy (non-hydrogen) atoms. The molecule has 0 spiro atoms. The summed E-state index contributed by atoms with van der Waals surface area (Å²) in [5.41, 5.74) is 3.77. The summed E-state index contributed by atoms with van der Waals surface area (Å²) in [7, 11) is 1.67. The molecular weight excluding hydrogens is 498 g/mol. The molecule has 1 fully saturated rings.